The highest BCUT2D eigenvalue weighted by Gasteiger charge is 2.27. The molecule has 4 rings (SSSR count). The van der Waals surface area contributed by atoms with E-state index < -0.39 is 5.82 Å². The van der Waals surface area contributed by atoms with Gasteiger partial charge in [-0.1, -0.05) is 36.4 Å². The van der Waals surface area contributed by atoms with Crippen molar-refractivity contribution in [2.24, 2.45) is 0 Å². The van der Waals surface area contributed by atoms with Gasteiger partial charge < -0.3 is 9.80 Å². The Kier molecular flexibility index (Phi) is 7.17. The van der Waals surface area contributed by atoms with Crippen molar-refractivity contribution in [3.8, 4) is 0 Å². The quantitative estimate of drug-likeness (QED) is 0.719. The van der Waals surface area contributed by atoms with Crippen molar-refractivity contribution < 1.29 is 14.0 Å². The van der Waals surface area contributed by atoms with E-state index in [-0.39, 0.29) is 17.4 Å². The van der Waals surface area contributed by atoms with Crippen LogP contribution in [-0.4, -0.2) is 90.3 Å². The number of benzene rings is 2. The van der Waals surface area contributed by atoms with Crippen LogP contribution < -0.4 is 0 Å². The van der Waals surface area contributed by atoms with Gasteiger partial charge in [0, 0.05) is 58.9 Å². The van der Waals surface area contributed by atoms with Crippen LogP contribution in [0.5, 0.6) is 0 Å². The van der Waals surface area contributed by atoms with E-state index >= 15 is 0 Å². The van der Waals surface area contributed by atoms with Gasteiger partial charge in [-0.05, 0) is 30.2 Å². The smallest absolute Gasteiger partial charge is 0.256 e. The molecule has 170 valence electrons. The lowest BCUT2D eigenvalue weighted by Crippen LogP contribution is -2.54. The Hall–Kier alpha value is -2.77. The third-order valence-electron chi connectivity index (χ3n) is 6.50. The third kappa shape index (κ3) is 5.34. The molecule has 0 aliphatic carbocycles. The van der Waals surface area contributed by atoms with Crippen molar-refractivity contribution >= 4 is 11.8 Å². The number of carbonyl (C=O) groups is 2. The molecule has 2 aromatic rings. The van der Waals surface area contributed by atoms with Gasteiger partial charge in [-0.15, -0.1) is 0 Å². The summed E-state index contributed by atoms with van der Waals surface area (Å²) in [6.07, 6.45) is 0. The van der Waals surface area contributed by atoms with E-state index in [2.05, 4.69) is 41.0 Å². The number of hydrogen-bond donors (Lipinski definition) is 0. The summed E-state index contributed by atoms with van der Waals surface area (Å²) in [5.41, 5.74) is 2.76. The van der Waals surface area contributed by atoms with Crippen molar-refractivity contribution in [1.29, 1.82) is 0 Å². The molecule has 2 heterocycles. The lowest BCUT2D eigenvalue weighted by Gasteiger charge is -2.38. The van der Waals surface area contributed by atoms with Crippen molar-refractivity contribution in [1.82, 2.24) is 19.6 Å². The first-order valence-electron chi connectivity index (χ1n) is 11.3. The number of piperazine rings is 2. The van der Waals surface area contributed by atoms with Gasteiger partial charge in [0.05, 0.1) is 12.1 Å². The van der Waals surface area contributed by atoms with E-state index in [1.54, 1.807) is 17.0 Å². The second-order valence-electron chi connectivity index (χ2n) is 8.63. The molecule has 0 bridgehead atoms. The van der Waals surface area contributed by atoms with Gasteiger partial charge in [-0.25, -0.2) is 4.39 Å². The molecule has 0 aromatic heterocycles. The van der Waals surface area contributed by atoms with Gasteiger partial charge in [0.2, 0.25) is 5.91 Å². The van der Waals surface area contributed by atoms with E-state index in [4.69, 9.17) is 0 Å². The van der Waals surface area contributed by atoms with E-state index in [1.807, 2.05) is 4.90 Å². The molecule has 0 N–H and O–H groups in total. The fraction of sp³-hybridized carbons (Fsp3) is 0.440. The second-order valence-corrected chi connectivity index (χ2v) is 8.63. The molecule has 0 radical (unpaired) electrons. The number of aryl methyl sites for hydroxylation is 1. The SMILES string of the molecule is Cc1ccccc1CN1CCN(C(=O)CN2CCN(C(=O)c3ccccc3F)CC2)CC1. The maximum absolute atomic E-state index is 13.9. The first kappa shape index (κ1) is 22.4. The van der Waals surface area contributed by atoms with Crippen molar-refractivity contribution in [3.63, 3.8) is 0 Å². The molecule has 2 aliphatic rings. The monoisotopic (exact) mass is 438 g/mol. The maximum Gasteiger partial charge on any atom is 0.256 e. The van der Waals surface area contributed by atoms with E-state index in [0.29, 0.717) is 32.7 Å². The first-order chi connectivity index (χ1) is 15.5. The fourth-order valence-corrected chi connectivity index (χ4v) is 4.39. The summed E-state index contributed by atoms with van der Waals surface area (Å²) in [6, 6.07) is 14.5. The normalized spacial score (nSPS) is 18.1. The average Bonchev–Trinajstić information content (AvgIpc) is 2.81. The Labute approximate surface area is 189 Å². The molecular formula is C25H31FN4O2. The molecule has 0 spiro atoms. The molecule has 2 saturated heterocycles. The molecule has 2 fully saturated rings. The molecule has 32 heavy (non-hydrogen) atoms. The predicted molar refractivity (Wildman–Crippen MR) is 122 cm³/mol. The van der Waals surface area contributed by atoms with Gasteiger partial charge in [0.15, 0.2) is 0 Å². The van der Waals surface area contributed by atoms with Crippen molar-refractivity contribution in [2.45, 2.75) is 13.5 Å². The topological polar surface area (TPSA) is 47.1 Å². The summed E-state index contributed by atoms with van der Waals surface area (Å²) in [5, 5.41) is 0. The zero-order valence-corrected chi connectivity index (χ0v) is 18.7. The van der Waals surface area contributed by atoms with Crippen LogP contribution >= 0.6 is 0 Å². The molecular weight excluding hydrogens is 407 g/mol. The summed E-state index contributed by atoms with van der Waals surface area (Å²) in [5.74, 6) is -0.620. The zero-order valence-electron chi connectivity index (χ0n) is 18.7. The number of carbonyl (C=O) groups excluding carboxylic acids is 2. The Bertz CT molecular complexity index is 950. The number of rotatable bonds is 5. The molecule has 6 nitrogen and oxygen atoms in total. The number of halogens is 1. The minimum absolute atomic E-state index is 0.112. The van der Waals surface area contributed by atoms with Gasteiger partial charge in [-0.2, -0.15) is 0 Å². The summed E-state index contributed by atoms with van der Waals surface area (Å²) >= 11 is 0. The summed E-state index contributed by atoms with van der Waals surface area (Å²) in [6.45, 7) is 8.95. The Morgan fingerprint density at radius 3 is 2.06 bits per heavy atom. The van der Waals surface area contributed by atoms with Gasteiger partial charge >= 0.3 is 0 Å². The van der Waals surface area contributed by atoms with Crippen LogP contribution in [0.4, 0.5) is 4.39 Å². The highest BCUT2D eigenvalue weighted by molar-refractivity contribution is 5.94. The molecule has 2 aliphatic heterocycles. The van der Waals surface area contributed by atoms with Crippen LogP contribution in [0, 0.1) is 12.7 Å². The van der Waals surface area contributed by atoms with E-state index in [9.17, 15) is 14.0 Å². The Morgan fingerprint density at radius 1 is 0.781 bits per heavy atom. The van der Waals surface area contributed by atoms with E-state index in [1.165, 1.54) is 23.3 Å². The first-order valence-corrected chi connectivity index (χ1v) is 11.3. The van der Waals surface area contributed by atoms with Crippen molar-refractivity contribution in [2.75, 3.05) is 58.9 Å². The highest BCUT2D eigenvalue weighted by atomic mass is 19.1. The van der Waals surface area contributed by atoms with Crippen LogP contribution in [0.3, 0.4) is 0 Å². The summed E-state index contributed by atoms with van der Waals surface area (Å²) < 4.78 is 13.9. The minimum atomic E-state index is -0.489. The minimum Gasteiger partial charge on any atom is -0.339 e. The zero-order chi connectivity index (χ0) is 22.5. The van der Waals surface area contributed by atoms with E-state index in [0.717, 1.165) is 32.7 Å². The summed E-state index contributed by atoms with van der Waals surface area (Å²) in [7, 11) is 0. The standard InChI is InChI=1S/C25H31FN4O2/c1-20-6-2-3-7-21(20)18-27-10-14-29(15-11-27)24(31)19-28-12-16-30(17-13-28)25(32)22-8-4-5-9-23(22)26/h2-9H,10-19H2,1H3. The van der Waals surface area contributed by atoms with Crippen LogP contribution in [0.15, 0.2) is 48.5 Å². The second kappa shape index (κ2) is 10.2. The van der Waals surface area contributed by atoms with Crippen LogP contribution in [0.25, 0.3) is 0 Å². The lowest BCUT2D eigenvalue weighted by molar-refractivity contribution is -0.134. The lowest BCUT2D eigenvalue weighted by atomic mass is 10.1. The van der Waals surface area contributed by atoms with Crippen LogP contribution in [-0.2, 0) is 11.3 Å². The Morgan fingerprint density at radius 2 is 1.38 bits per heavy atom. The molecule has 2 amide bonds. The average molecular weight is 439 g/mol. The number of hydrogen-bond acceptors (Lipinski definition) is 4. The van der Waals surface area contributed by atoms with Gasteiger partial charge in [0.1, 0.15) is 5.82 Å². The molecule has 0 unspecified atom stereocenters. The van der Waals surface area contributed by atoms with Crippen molar-refractivity contribution in [3.05, 3.63) is 71.0 Å². The molecule has 0 saturated carbocycles. The summed E-state index contributed by atoms with van der Waals surface area (Å²) in [4.78, 5) is 33.5. The molecule has 0 atom stereocenters. The maximum atomic E-state index is 13.9. The molecule has 7 heteroatoms. The Balaban J connectivity index is 1.21. The largest absolute Gasteiger partial charge is 0.339 e. The third-order valence-corrected chi connectivity index (χ3v) is 6.50. The molecule has 2 aromatic carbocycles. The van der Waals surface area contributed by atoms with Gasteiger partial charge in [-0.3, -0.25) is 19.4 Å². The predicted octanol–water partition coefficient (Wildman–Crippen LogP) is 2.24. The fourth-order valence-electron chi connectivity index (χ4n) is 4.39. The highest BCUT2D eigenvalue weighted by Crippen LogP contribution is 2.14. The number of nitrogens with zero attached hydrogens (tertiary/aromatic N) is 4. The number of amides is 2. The van der Waals surface area contributed by atoms with Crippen LogP contribution in [0.2, 0.25) is 0 Å². The van der Waals surface area contributed by atoms with Gasteiger partial charge in [0.25, 0.3) is 5.91 Å². The van der Waals surface area contributed by atoms with Crippen LogP contribution in [0.1, 0.15) is 21.5 Å².